The summed E-state index contributed by atoms with van der Waals surface area (Å²) in [5.74, 6) is 1.21. The van der Waals surface area contributed by atoms with Crippen molar-refractivity contribution in [2.24, 2.45) is 17.6 Å². The monoisotopic (exact) mass is 361 g/mol. The molecule has 2 aliphatic rings. The van der Waals surface area contributed by atoms with Crippen molar-refractivity contribution >= 4 is 17.9 Å². The molecule has 25 heavy (non-hydrogen) atoms. The summed E-state index contributed by atoms with van der Waals surface area (Å²) in [5, 5.41) is 0. The zero-order valence-corrected chi connectivity index (χ0v) is 16.0. The van der Waals surface area contributed by atoms with E-state index in [-0.39, 0.29) is 11.9 Å². The van der Waals surface area contributed by atoms with Crippen LogP contribution in [0.2, 0.25) is 0 Å². The summed E-state index contributed by atoms with van der Waals surface area (Å²) in [7, 11) is 1.93. The number of nitrogens with two attached hydrogens (primary N) is 1. The minimum Gasteiger partial charge on any atom is -0.341 e. The van der Waals surface area contributed by atoms with Gasteiger partial charge in [0.05, 0.1) is 6.04 Å². The summed E-state index contributed by atoms with van der Waals surface area (Å²) in [6.07, 6.45) is 8.03. The van der Waals surface area contributed by atoms with Crippen LogP contribution in [0.15, 0.2) is 35.2 Å². The van der Waals surface area contributed by atoms with Crippen molar-refractivity contribution in [2.45, 2.75) is 61.9 Å². The van der Waals surface area contributed by atoms with Crippen molar-refractivity contribution in [2.75, 3.05) is 13.6 Å². The van der Waals surface area contributed by atoms with E-state index in [9.17, 15) is 4.79 Å². The Labute approximate surface area is 156 Å². The van der Waals surface area contributed by atoms with Crippen LogP contribution < -0.4 is 10.5 Å². The molecule has 1 aromatic rings. The lowest BCUT2D eigenvalue weighted by molar-refractivity contribution is -0.136. The fraction of sp³-hybridized carbons (Fsp3) is 0.650. The molecular weight excluding hydrogens is 330 g/mol. The third-order valence-corrected chi connectivity index (χ3v) is 6.78. The van der Waals surface area contributed by atoms with Gasteiger partial charge in [0, 0.05) is 24.5 Å². The third kappa shape index (κ3) is 4.99. The molecule has 2 saturated carbocycles. The van der Waals surface area contributed by atoms with Gasteiger partial charge in [-0.05, 0) is 80.9 Å². The number of carbonyl (C=O) groups is 1. The predicted octanol–water partition coefficient (Wildman–Crippen LogP) is 3.43. The highest BCUT2D eigenvalue weighted by atomic mass is 32.2. The molecule has 0 aliphatic heterocycles. The lowest BCUT2D eigenvalue weighted by Gasteiger charge is -2.38. The molecule has 0 bridgehead atoms. The lowest BCUT2D eigenvalue weighted by Crippen LogP contribution is -2.52. The Hall–Kier alpha value is -1.04. The Kier molecular flexibility index (Phi) is 6.79. The highest BCUT2D eigenvalue weighted by molar-refractivity contribution is 7.97. The van der Waals surface area contributed by atoms with Crippen molar-refractivity contribution in [3.8, 4) is 0 Å². The molecule has 5 heteroatoms. The second-order valence-electron chi connectivity index (χ2n) is 7.60. The van der Waals surface area contributed by atoms with Gasteiger partial charge in [-0.25, -0.2) is 0 Å². The number of carbonyl (C=O) groups excluding carboxylic acids is 1. The first-order chi connectivity index (χ1) is 12.1. The molecule has 0 spiro atoms. The Morgan fingerprint density at radius 2 is 1.88 bits per heavy atom. The molecule has 1 aromatic carbocycles. The molecule has 3 rings (SSSR count). The second kappa shape index (κ2) is 9.06. The Bertz CT molecular complexity index is 541. The van der Waals surface area contributed by atoms with E-state index in [0.717, 1.165) is 32.2 Å². The van der Waals surface area contributed by atoms with E-state index in [1.807, 2.05) is 18.0 Å². The van der Waals surface area contributed by atoms with E-state index in [2.05, 4.69) is 29.0 Å². The van der Waals surface area contributed by atoms with Gasteiger partial charge in [-0.15, -0.1) is 0 Å². The second-order valence-corrected chi connectivity index (χ2v) is 8.57. The quantitative estimate of drug-likeness (QED) is 0.731. The average molecular weight is 362 g/mol. The van der Waals surface area contributed by atoms with Gasteiger partial charge in [0.1, 0.15) is 0 Å². The van der Waals surface area contributed by atoms with E-state index < -0.39 is 0 Å². The molecule has 1 amide bonds. The maximum atomic E-state index is 12.6. The summed E-state index contributed by atoms with van der Waals surface area (Å²) in [6, 6.07) is 10.5. The first kappa shape index (κ1) is 18.7. The highest BCUT2D eigenvalue weighted by Crippen LogP contribution is 2.32. The van der Waals surface area contributed by atoms with Gasteiger partial charge in [-0.2, -0.15) is 0 Å². The van der Waals surface area contributed by atoms with Crippen molar-refractivity contribution in [1.29, 1.82) is 0 Å². The summed E-state index contributed by atoms with van der Waals surface area (Å²) < 4.78 is 3.50. The number of rotatable bonds is 7. The van der Waals surface area contributed by atoms with E-state index >= 15 is 0 Å². The van der Waals surface area contributed by atoms with E-state index in [0.29, 0.717) is 17.9 Å². The van der Waals surface area contributed by atoms with Gasteiger partial charge in [0.25, 0.3) is 0 Å². The van der Waals surface area contributed by atoms with Crippen molar-refractivity contribution < 1.29 is 4.79 Å². The van der Waals surface area contributed by atoms with Gasteiger partial charge in [0.15, 0.2) is 0 Å². The molecule has 0 aromatic heterocycles. The molecule has 0 saturated heterocycles. The third-order valence-electron chi connectivity index (χ3n) is 5.96. The molecule has 0 radical (unpaired) electrons. The van der Waals surface area contributed by atoms with Crippen LogP contribution in [-0.4, -0.2) is 36.5 Å². The Morgan fingerprint density at radius 3 is 2.48 bits per heavy atom. The normalized spacial score (nSPS) is 25.2. The minimum absolute atomic E-state index is 0.158. The van der Waals surface area contributed by atoms with Gasteiger partial charge < -0.3 is 10.6 Å². The van der Waals surface area contributed by atoms with Gasteiger partial charge in [-0.3, -0.25) is 9.52 Å². The summed E-state index contributed by atoms with van der Waals surface area (Å²) >= 11 is 1.71. The molecule has 2 fully saturated rings. The molecule has 3 N–H and O–H groups in total. The molecule has 4 nitrogen and oxygen atoms in total. The van der Waals surface area contributed by atoms with Crippen LogP contribution in [0.3, 0.4) is 0 Å². The zero-order chi connectivity index (χ0) is 17.6. The van der Waals surface area contributed by atoms with Crippen LogP contribution in [-0.2, 0) is 4.79 Å². The molecule has 138 valence electrons. The fourth-order valence-corrected chi connectivity index (χ4v) is 4.65. The molecule has 1 atom stereocenters. The minimum atomic E-state index is -0.307. The van der Waals surface area contributed by atoms with E-state index in [1.54, 1.807) is 11.9 Å². The number of amides is 1. The Morgan fingerprint density at radius 1 is 1.20 bits per heavy atom. The van der Waals surface area contributed by atoms with Crippen LogP contribution in [0.4, 0.5) is 0 Å². The lowest BCUT2D eigenvalue weighted by atomic mass is 9.78. The standard InChI is InChI=1S/C20H31N3OS/c1-23(17-6-5-7-17)20(24)19(21)16-12-10-15(11-13-16)14-22-25-18-8-3-2-4-9-18/h2-4,8-9,15-17,19,22H,5-7,10-14,21H2,1H3/t15?,16?,19-/m0/s1. The van der Waals surface area contributed by atoms with Crippen LogP contribution in [0.1, 0.15) is 44.9 Å². The average Bonchev–Trinajstić information content (AvgIpc) is 2.60. The molecular formula is C20H31N3OS. The van der Waals surface area contributed by atoms with E-state index in [1.165, 1.54) is 24.2 Å². The number of benzene rings is 1. The smallest absolute Gasteiger partial charge is 0.239 e. The first-order valence-corrected chi connectivity index (χ1v) is 10.4. The number of likely N-dealkylation sites (N-methyl/N-ethyl adjacent to an activating group) is 1. The zero-order valence-electron chi connectivity index (χ0n) is 15.2. The maximum absolute atomic E-state index is 12.6. The fourth-order valence-electron chi connectivity index (χ4n) is 3.87. The van der Waals surface area contributed by atoms with Crippen LogP contribution in [0, 0.1) is 11.8 Å². The molecule has 0 heterocycles. The predicted molar refractivity (Wildman–Crippen MR) is 104 cm³/mol. The highest BCUT2D eigenvalue weighted by Gasteiger charge is 2.34. The van der Waals surface area contributed by atoms with Gasteiger partial charge >= 0.3 is 0 Å². The van der Waals surface area contributed by atoms with Gasteiger partial charge in [0.2, 0.25) is 5.91 Å². The van der Waals surface area contributed by atoms with Crippen molar-refractivity contribution in [1.82, 2.24) is 9.62 Å². The van der Waals surface area contributed by atoms with Crippen LogP contribution >= 0.6 is 11.9 Å². The van der Waals surface area contributed by atoms with Crippen molar-refractivity contribution in [3.63, 3.8) is 0 Å². The SMILES string of the molecule is CN(C(=O)[C@@H](N)C1CCC(CNSc2ccccc2)CC1)C1CCC1. The number of nitrogens with zero attached hydrogens (tertiary/aromatic N) is 1. The summed E-state index contributed by atoms with van der Waals surface area (Å²) in [4.78, 5) is 15.7. The van der Waals surface area contributed by atoms with Crippen LogP contribution in [0.5, 0.6) is 0 Å². The summed E-state index contributed by atoms with van der Waals surface area (Å²) in [5.41, 5.74) is 6.32. The largest absolute Gasteiger partial charge is 0.341 e. The number of hydrogen-bond acceptors (Lipinski definition) is 4. The molecule has 2 aliphatic carbocycles. The topological polar surface area (TPSA) is 58.4 Å². The van der Waals surface area contributed by atoms with Crippen LogP contribution in [0.25, 0.3) is 0 Å². The molecule has 0 unspecified atom stereocenters. The first-order valence-electron chi connectivity index (χ1n) is 9.62. The van der Waals surface area contributed by atoms with Crippen molar-refractivity contribution in [3.05, 3.63) is 30.3 Å². The maximum Gasteiger partial charge on any atom is 0.239 e. The number of nitrogens with one attached hydrogen (secondary N) is 1. The number of hydrogen-bond donors (Lipinski definition) is 2. The van der Waals surface area contributed by atoms with Gasteiger partial charge in [-0.1, -0.05) is 18.2 Å². The summed E-state index contributed by atoms with van der Waals surface area (Å²) in [6.45, 7) is 1.03. The van der Waals surface area contributed by atoms with E-state index in [4.69, 9.17) is 5.73 Å². The Balaban J connectivity index is 1.37.